The molecule has 1 aromatic rings. The summed E-state index contributed by atoms with van der Waals surface area (Å²) in [5, 5.41) is 11.9. The van der Waals surface area contributed by atoms with Crippen LogP contribution in [0.4, 0.5) is 0 Å². The first-order chi connectivity index (χ1) is 11.6. The summed E-state index contributed by atoms with van der Waals surface area (Å²) >= 11 is 0. The Hall–Kier alpha value is -2.72. The van der Waals surface area contributed by atoms with Crippen LogP contribution in [0.1, 0.15) is 12.0 Å². The zero-order valence-corrected chi connectivity index (χ0v) is 14.3. The molecule has 0 bridgehead atoms. The third-order valence-electron chi connectivity index (χ3n) is 3.22. The van der Waals surface area contributed by atoms with Crippen molar-refractivity contribution in [2.75, 3.05) is 41.6 Å². The molecule has 0 saturated carbocycles. The topological polar surface area (TPSA) is 89.8 Å². The molecule has 0 aromatic heterocycles. The summed E-state index contributed by atoms with van der Waals surface area (Å²) in [6.07, 6.45) is 2.10. The highest BCUT2D eigenvalue weighted by Gasteiger charge is 2.15. The Morgan fingerprint density at radius 2 is 1.79 bits per heavy atom. The van der Waals surface area contributed by atoms with Gasteiger partial charge in [0.05, 0.1) is 26.9 Å². The summed E-state index contributed by atoms with van der Waals surface area (Å²) in [6.45, 7) is 0.953. The monoisotopic (exact) mass is 334 g/mol. The van der Waals surface area contributed by atoms with Crippen molar-refractivity contribution < 1.29 is 23.7 Å². The first-order valence-corrected chi connectivity index (χ1v) is 7.30. The van der Waals surface area contributed by atoms with Crippen molar-refractivity contribution in [1.82, 2.24) is 5.32 Å². The van der Waals surface area contributed by atoms with E-state index in [1.807, 2.05) is 6.07 Å². The molecule has 1 N–H and O–H groups in total. The molecule has 0 aliphatic rings. The molecule has 0 radical (unpaired) electrons. The first-order valence-electron chi connectivity index (χ1n) is 7.30. The Morgan fingerprint density at radius 1 is 1.17 bits per heavy atom. The average Bonchev–Trinajstić information content (AvgIpc) is 2.62. The molecule has 0 atom stereocenters. The molecule has 1 rings (SSSR count). The van der Waals surface area contributed by atoms with E-state index in [1.165, 1.54) is 27.4 Å². The van der Waals surface area contributed by atoms with Gasteiger partial charge in [0.25, 0.3) is 5.91 Å². The highest BCUT2D eigenvalue weighted by molar-refractivity contribution is 6.02. The minimum atomic E-state index is -0.464. The summed E-state index contributed by atoms with van der Waals surface area (Å²) in [7, 11) is 6.09. The molecule has 0 heterocycles. The number of rotatable bonds is 9. The SMILES string of the molecule is COCCCNC(=O)/C(C#N)=C/c1c(OC)cc(OC)cc1OC. The Bertz CT molecular complexity index is 609. The Morgan fingerprint density at radius 3 is 2.25 bits per heavy atom. The van der Waals surface area contributed by atoms with Crippen LogP contribution in [0.5, 0.6) is 17.2 Å². The number of carbonyl (C=O) groups is 1. The molecule has 130 valence electrons. The van der Waals surface area contributed by atoms with Crippen LogP contribution < -0.4 is 19.5 Å². The summed E-state index contributed by atoms with van der Waals surface area (Å²) in [6, 6.07) is 5.20. The van der Waals surface area contributed by atoms with Gasteiger partial charge in [-0.3, -0.25) is 4.79 Å². The highest BCUT2D eigenvalue weighted by Crippen LogP contribution is 2.35. The van der Waals surface area contributed by atoms with E-state index in [2.05, 4.69) is 5.32 Å². The minimum Gasteiger partial charge on any atom is -0.496 e. The number of amides is 1. The largest absolute Gasteiger partial charge is 0.496 e. The van der Waals surface area contributed by atoms with Crippen LogP contribution in [0.2, 0.25) is 0 Å². The van der Waals surface area contributed by atoms with Gasteiger partial charge in [0.1, 0.15) is 28.9 Å². The van der Waals surface area contributed by atoms with Crippen LogP contribution >= 0.6 is 0 Å². The predicted octanol–water partition coefficient (Wildman–Crippen LogP) is 1.77. The van der Waals surface area contributed by atoms with Crippen LogP contribution in [0.25, 0.3) is 6.08 Å². The van der Waals surface area contributed by atoms with Gasteiger partial charge in [0, 0.05) is 32.4 Å². The number of ether oxygens (including phenoxy) is 4. The Kier molecular flexibility index (Phi) is 8.16. The smallest absolute Gasteiger partial charge is 0.261 e. The lowest BCUT2D eigenvalue weighted by molar-refractivity contribution is -0.117. The number of methoxy groups -OCH3 is 4. The molecule has 7 heteroatoms. The number of nitrogens with one attached hydrogen (secondary N) is 1. The van der Waals surface area contributed by atoms with E-state index in [4.69, 9.17) is 18.9 Å². The number of hydrogen-bond acceptors (Lipinski definition) is 6. The lowest BCUT2D eigenvalue weighted by Gasteiger charge is -2.13. The number of nitriles is 1. The van der Waals surface area contributed by atoms with Gasteiger partial charge in [-0.2, -0.15) is 5.26 Å². The molecule has 1 amide bonds. The normalized spacial score (nSPS) is 10.7. The molecule has 7 nitrogen and oxygen atoms in total. The number of benzene rings is 1. The van der Waals surface area contributed by atoms with E-state index in [9.17, 15) is 10.1 Å². The van der Waals surface area contributed by atoms with Crippen LogP contribution in [0.15, 0.2) is 17.7 Å². The molecule has 0 fully saturated rings. The quantitative estimate of drug-likeness (QED) is 0.420. The standard InChI is InChI=1S/C17H22N2O5/c1-21-7-5-6-19-17(20)12(11-18)8-14-15(23-3)9-13(22-2)10-16(14)24-4/h8-10H,5-7H2,1-4H3,(H,19,20)/b12-8+. The molecule has 0 spiro atoms. The molecular formula is C17H22N2O5. The van der Waals surface area contributed by atoms with Gasteiger partial charge in [-0.1, -0.05) is 0 Å². The van der Waals surface area contributed by atoms with Crippen molar-refractivity contribution in [3.8, 4) is 23.3 Å². The van der Waals surface area contributed by atoms with Crippen LogP contribution in [-0.4, -0.2) is 47.5 Å². The van der Waals surface area contributed by atoms with E-state index in [0.717, 1.165) is 0 Å². The lowest BCUT2D eigenvalue weighted by atomic mass is 10.1. The van der Waals surface area contributed by atoms with Gasteiger partial charge >= 0.3 is 0 Å². The fourth-order valence-corrected chi connectivity index (χ4v) is 1.98. The molecule has 0 unspecified atom stereocenters. The van der Waals surface area contributed by atoms with E-state index in [-0.39, 0.29) is 5.57 Å². The van der Waals surface area contributed by atoms with Crippen molar-refractivity contribution in [2.45, 2.75) is 6.42 Å². The minimum absolute atomic E-state index is 0.0471. The van der Waals surface area contributed by atoms with Crippen LogP contribution in [0, 0.1) is 11.3 Å². The molecular weight excluding hydrogens is 312 g/mol. The van der Waals surface area contributed by atoms with Crippen molar-refractivity contribution in [1.29, 1.82) is 5.26 Å². The van der Waals surface area contributed by atoms with Gasteiger partial charge in [0.15, 0.2) is 0 Å². The molecule has 0 aliphatic heterocycles. The van der Waals surface area contributed by atoms with E-state index < -0.39 is 5.91 Å². The second kappa shape index (κ2) is 10.1. The van der Waals surface area contributed by atoms with E-state index >= 15 is 0 Å². The highest BCUT2D eigenvalue weighted by atomic mass is 16.5. The first kappa shape index (κ1) is 19.3. The van der Waals surface area contributed by atoms with Gasteiger partial charge < -0.3 is 24.3 Å². The maximum atomic E-state index is 12.1. The fraction of sp³-hybridized carbons (Fsp3) is 0.412. The van der Waals surface area contributed by atoms with Gasteiger partial charge in [-0.15, -0.1) is 0 Å². The van der Waals surface area contributed by atoms with Gasteiger partial charge in [0.2, 0.25) is 0 Å². The second-order valence-electron chi connectivity index (χ2n) is 4.72. The summed E-state index contributed by atoms with van der Waals surface area (Å²) in [5.41, 5.74) is 0.443. The maximum absolute atomic E-state index is 12.1. The predicted molar refractivity (Wildman–Crippen MR) is 89.2 cm³/mol. The zero-order valence-electron chi connectivity index (χ0n) is 14.3. The van der Waals surface area contributed by atoms with Crippen molar-refractivity contribution >= 4 is 12.0 Å². The van der Waals surface area contributed by atoms with Crippen LogP contribution in [0.3, 0.4) is 0 Å². The van der Waals surface area contributed by atoms with Crippen molar-refractivity contribution in [2.24, 2.45) is 0 Å². The Balaban J connectivity index is 3.11. The number of hydrogen-bond donors (Lipinski definition) is 1. The fourth-order valence-electron chi connectivity index (χ4n) is 1.98. The summed E-state index contributed by atoms with van der Waals surface area (Å²) < 4.78 is 20.7. The van der Waals surface area contributed by atoms with Gasteiger partial charge in [-0.05, 0) is 12.5 Å². The molecule has 1 aromatic carbocycles. The van der Waals surface area contributed by atoms with E-state index in [0.29, 0.717) is 42.4 Å². The maximum Gasteiger partial charge on any atom is 0.261 e. The summed E-state index contributed by atoms with van der Waals surface area (Å²) in [4.78, 5) is 12.1. The number of carbonyl (C=O) groups excluding carboxylic acids is 1. The third-order valence-corrected chi connectivity index (χ3v) is 3.22. The van der Waals surface area contributed by atoms with Crippen molar-refractivity contribution in [3.63, 3.8) is 0 Å². The molecule has 0 saturated heterocycles. The van der Waals surface area contributed by atoms with Crippen molar-refractivity contribution in [3.05, 3.63) is 23.3 Å². The second-order valence-corrected chi connectivity index (χ2v) is 4.72. The third kappa shape index (κ3) is 5.18. The average molecular weight is 334 g/mol. The summed E-state index contributed by atoms with van der Waals surface area (Å²) in [5.74, 6) is 0.953. The van der Waals surface area contributed by atoms with Crippen LogP contribution in [-0.2, 0) is 9.53 Å². The lowest BCUT2D eigenvalue weighted by Crippen LogP contribution is -2.26. The van der Waals surface area contributed by atoms with Gasteiger partial charge in [-0.25, -0.2) is 0 Å². The zero-order chi connectivity index (χ0) is 17.9. The van der Waals surface area contributed by atoms with E-state index in [1.54, 1.807) is 19.2 Å². The Labute approximate surface area is 141 Å². The number of nitrogens with zero attached hydrogens (tertiary/aromatic N) is 1. The molecule has 24 heavy (non-hydrogen) atoms. The molecule has 0 aliphatic carbocycles.